The molecular weight excluding hydrogens is 260 g/mol. The Morgan fingerprint density at radius 2 is 1.53 bits per heavy atom. The van der Waals surface area contributed by atoms with Crippen LogP contribution >= 0.6 is 10.7 Å². The second-order valence-electron chi connectivity index (χ2n) is 6.19. The molecule has 5 heteroatoms. The van der Waals surface area contributed by atoms with E-state index in [0.29, 0.717) is 0 Å². The normalized spacial score (nSPS) is 44.2. The molecule has 4 fully saturated rings. The zero-order valence-corrected chi connectivity index (χ0v) is 11.5. The van der Waals surface area contributed by atoms with E-state index in [2.05, 4.69) is 0 Å². The SMILES string of the molecule is O=S(=O)(Cl)CCOC12CC3CC(CC(C3)C1)C2. The van der Waals surface area contributed by atoms with Gasteiger partial charge in [0.15, 0.2) is 0 Å². The quantitative estimate of drug-likeness (QED) is 0.742. The Kier molecular flexibility index (Phi) is 2.96. The predicted octanol–water partition coefficient (Wildman–Crippen LogP) is 2.54. The maximum absolute atomic E-state index is 10.9. The van der Waals surface area contributed by atoms with Gasteiger partial charge in [-0.25, -0.2) is 8.42 Å². The number of hydrogen-bond donors (Lipinski definition) is 0. The first-order valence-corrected chi connectivity index (χ1v) is 8.98. The van der Waals surface area contributed by atoms with Gasteiger partial charge < -0.3 is 4.74 Å². The van der Waals surface area contributed by atoms with Crippen molar-refractivity contribution in [2.24, 2.45) is 17.8 Å². The molecule has 4 bridgehead atoms. The fourth-order valence-electron chi connectivity index (χ4n) is 4.57. The van der Waals surface area contributed by atoms with E-state index in [9.17, 15) is 8.42 Å². The molecule has 0 N–H and O–H groups in total. The van der Waals surface area contributed by atoms with Crippen LogP contribution in [-0.4, -0.2) is 26.4 Å². The van der Waals surface area contributed by atoms with Crippen LogP contribution in [0.1, 0.15) is 38.5 Å². The van der Waals surface area contributed by atoms with E-state index >= 15 is 0 Å². The monoisotopic (exact) mass is 278 g/mol. The number of rotatable bonds is 4. The first-order chi connectivity index (χ1) is 7.94. The smallest absolute Gasteiger partial charge is 0.234 e. The molecule has 0 aromatic carbocycles. The summed E-state index contributed by atoms with van der Waals surface area (Å²) in [6.07, 6.45) is 7.53. The van der Waals surface area contributed by atoms with Gasteiger partial charge in [0.05, 0.1) is 18.0 Å². The standard InChI is InChI=1S/C12H19ClO3S/c13-17(14,15)2-1-16-12-6-9-3-10(7-12)5-11(4-9)8-12/h9-11H,1-8H2. The summed E-state index contributed by atoms with van der Waals surface area (Å²) in [6.45, 7) is 0.262. The lowest BCUT2D eigenvalue weighted by Gasteiger charge is -2.56. The molecule has 0 amide bonds. The van der Waals surface area contributed by atoms with Gasteiger partial charge in [-0.1, -0.05) is 0 Å². The van der Waals surface area contributed by atoms with E-state index in [-0.39, 0.29) is 18.0 Å². The van der Waals surface area contributed by atoms with Gasteiger partial charge in [-0.15, -0.1) is 0 Å². The van der Waals surface area contributed by atoms with E-state index < -0.39 is 9.05 Å². The average molecular weight is 279 g/mol. The third-order valence-corrected chi connectivity index (χ3v) is 5.83. The molecule has 0 unspecified atom stereocenters. The maximum atomic E-state index is 10.9. The van der Waals surface area contributed by atoms with Crippen LogP contribution in [0.3, 0.4) is 0 Å². The topological polar surface area (TPSA) is 43.4 Å². The van der Waals surface area contributed by atoms with Crippen LogP contribution < -0.4 is 0 Å². The van der Waals surface area contributed by atoms with Gasteiger partial charge in [0.2, 0.25) is 9.05 Å². The first kappa shape index (κ1) is 12.2. The zero-order valence-electron chi connectivity index (χ0n) is 9.90. The summed E-state index contributed by atoms with van der Waals surface area (Å²) in [6, 6.07) is 0. The molecule has 0 heterocycles. The molecular formula is C12H19ClO3S. The Labute approximate surface area is 107 Å². The summed E-state index contributed by atoms with van der Waals surface area (Å²) in [5, 5.41) is 0. The van der Waals surface area contributed by atoms with Crippen molar-refractivity contribution in [2.75, 3.05) is 12.4 Å². The lowest BCUT2D eigenvalue weighted by molar-refractivity contribution is -0.158. The van der Waals surface area contributed by atoms with Gasteiger partial charge in [0, 0.05) is 10.7 Å². The van der Waals surface area contributed by atoms with Crippen molar-refractivity contribution in [1.82, 2.24) is 0 Å². The molecule has 0 radical (unpaired) electrons. The molecule has 0 aromatic rings. The number of ether oxygens (including phenoxy) is 1. The molecule has 4 aliphatic rings. The Bertz CT molecular complexity index is 369. The third kappa shape index (κ3) is 2.64. The molecule has 0 aliphatic heterocycles. The first-order valence-electron chi connectivity index (χ1n) is 6.50. The second-order valence-corrected chi connectivity index (χ2v) is 9.09. The lowest BCUT2D eigenvalue weighted by Crippen LogP contribution is -2.52. The van der Waals surface area contributed by atoms with Crippen LogP contribution in [0.2, 0.25) is 0 Å². The van der Waals surface area contributed by atoms with E-state index in [1.54, 1.807) is 0 Å². The van der Waals surface area contributed by atoms with E-state index in [1.165, 1.54) is 19.3 Å². The summed E-state index contributed by atoms with van der Waals surface area (Å²) in [7, 11) is 1.80. The predicted molar refractivity (Wildman–Crippen MR) is 66.5 cm³/mol. The van der Waals surface area contributed by atoms with E-state index in [1.807, 2.05) is 0 Å². The van der Waals surface area contributed by atoms with Crippen LogP contribution in [0, 0.1) is 17.8 Å². The second kappa shape index (κ2) is 4.10. The Morgan fingerprint density at radius 3 is 1.94 bits per heavy atom. The maximum Gasteiger partial charge on any atom is 0.234 e. The summed E-state index contributed by atoms with van der Waals surface area (Å²) in [5.41, 5.74) is -0.00364. The molecule has 3 nitrogen and oxygen atoms in total. The molecule has 17 heavy (non-hydrogen) atoms. The lowest BCUT2D eigenvalue weighted by atomic mass is 9.54. The molecule has 4 rings (SSSR count). The summed E-state index contributed by atoms with van der Waals surface area (Å²) in [5.74, 6) is 2.42. The van der Waals surface area contributed by atoms with Crippen LogP contribution in [0.5, 0.6) is 0 Å². The van der Waals surface area contributed by atoms with Crippen LogP contribution in [0.15, 0.2) is 0 Å². The van der Waals surface area contributed by atoms with Gasteiger partial charge in [0.1, 0.15) is 0 Å². The molecule has 4 saturated carbocycles. The van der Waals surface area contributed by atoms with Gasteiger partial charge >= 0.3 is 0 Å². The molecule has 0 spiro atoms. The molecule has 0 atom stereocenters. The fraction of sp³-hybridized carbons (Fsp3) is 1.00. The van der Waals surface area contributed by atoms with Crippen LogP contribution in [0.25, 0.3) is 0 Å². The van der Waals surface area contributed by atoms with E-state index in [0.717, 1.165) is 37.0 Å². The highest BCUT2D eigenvalue weighted by atomic mass is 35.7. The molecule has 0 aromatic heterocycles. The minimum atomic E-state index is -3.41. The van der Waals surface area contributed by atoms with Gasteiger partial charge in [-0.3, -0.25) is 0 Å². The Hall–Kier alpha value is 0.200. The largest absolute Gasteiger partial charge is 0.374 e. The molecule has 98 valence electrons. The average Bonchev–Trinajstić information content (AvgIpc) is 2.11. The van der Waals surface area contributed by atoms with Gasteiger partial charge in [-0.05, 0) is 56.3 Å². The molecule has 0 saturated heterocycles. The van der Waals surface area contributed by atoms with Crippen molar-refractivity contribution in [3.8, 4) is 0 Å². The number of halogens is 1. The highest BCUT2D eigenvalue weighted by molar-refractivity contribution is 8.13. The van der Waals surface area contributed by atoms with Gasteiger partial charge in [0.25, 0.3) is 0 Å². The highest BCUT2D eigenvalue weighted by Gasteiger charge is 2.51. The molecule has 4 aliphatic carbocycles. The summed E-state index contributed by atoms with van der Waals surface area (Å²) < 4.78 is 27.8. The van der Waals surface area contributed by atoms with Crippen molar-refractivity contribution in [3.63, 3.8) is 0 Å². The van der Waals surface area contributed by atoms with Gasteiger partial charge in [-0.2, -0.15) is 0 Å². The zero-order chi connectivity index (χ0) is 12.1. The Balaban J connectivity index is 1.62. The third-order valence-electron chi connectivity index (χ3n) is 4.72. The summed E-state index contributed by atoms with van der Waals surface area (Å²) >= 11 is 0. The highest BCUT2D eigenvalue weighted by Crippen LogP contribution is 2.57. The minimum absolute atomic E-state index is 0.00364. The minimum Gasteiger partial charge on any atom is -0.374 e. The Morgan fingerprint density at radius 1 is 1.06 bits per heavy atom. The van der Waals surface area contributed by atoms with Crippen molar-refractivity contribution in [2.45, 2.75) is 44.1 Å². The van der Waals surface area contributed by atoms with Crippen molar-refractivity contribution >= 4 is 19.7 Å². The van der Waals surface area contributed by atoms with Crippen molar-refractivity contribution in [3.05, 3.63) is 0 Å². The van der Waals surface area contributed by atoms with Crippen LogP contribution in [0.4, 0.5) is 0 Å². The number of hydrogen-bond acceptors (Lipinski definition) is 3. The summed E-state index contributed by atoms with van der Waals surface area (Å²) in [4.78, 5) is 0. The van der Waals surface area contributed by atoms with Crippen LogP contribution in [-0.2, 0) is 13.8 Å². The fourth-order valence-corrected chi connectivity index (χ4v) is 5.04. The van der Waals surface area contributed by atoms with E-state index in [4.69, 9.17) is 15.4 Å². The van der Waals surface area contributed by atoms with Crippen molar-refractivity contribution < 1.29 is 13.2 Å². The van der Waals surface area contributed by atoms with Crippen molar-refractivity contribution in [1.29, 1.82) is 0 Å².